The van der Waals surface area contributed by atoms with Gasteiger partial charge in [-0.25, -0.2) is 0 Å². The molecular formula is C48H47N. The van der Waals surface area contributed by atoms with Crippen molar-refractivity contribution in [2.24, 2.45) is 29.1 Å². The molecule has 0 heterocycles. The fourth-order valence-corrected chi connectivity index (χ4v) is 13.3. The molecule has 11 rings (SSSR count). The Hall–Kier alpha value is -4.10. The lowest BCUT2D eigenvalue weighted by Crippen LogP contribution is -2.73. The predicted molar refractivity (Wildman–Crippen MR) is 203 cm³/mol. The Labute approximate surface area is 292 Å². The Bertz CT molecular complexity index is 2170. The molecule has 6 aliphatic carbocycles. The van der Waals surface area contributed by atoms with Crippen molar-refractivity contribution in [3.05, 3.63) is 138 Å². The van der Waals surface area contributed by atoms with E-state index in [1.165, 1.54) is 89.0 Å². The van der Waals surface area contributed by atoms with E-state index in [0.717, 1.165) is 23.7 Å². The second kappa shape index (κ2) is 9.36. The van der Waals surface area contributed by atoms with Gasteiger partial charge in [0.15, 0.2) is 0 Å². The lowest BCUT2D eigenvalue weighted by molar-refractivity contribution is -0.231. The van der Waals surface area contributed by atoms with Crippen LogP contribution in [0.1, 0.15) is 88.5 Å². The van der Waals surface area contributed by atoms with Gasteiger partial charge in [-0.3, -0.25) is 0 Å². The summed E-state index contributed by atoms with van der Waals surface area (Å²) >= 11 is 0. The molecule has 49 heavy (non-hydrogen) atoms. The van der Waals surface area contributed by atoms with Crippen LogP contribution in [-0.4, -0.2) is 0 Å². The number of hydrogen-bond donors (Lipinski definition) is 0. The summed E-state index contributed by atoms with van der Waals surface area (Å²) in [5.41, 5.74) is 17.0. The van der Waals surface area contributed by atoms with Crippen LogP contribution >= 0.6 is 0 Å². The summed E-state index contributed by atoms with van der Waals surface area (Å²) in [6, 6.07) is 44.5. The minimum absolute atomic E-state index is 0.0949. The Balaban J connectivity index is 1.17. The van der Waals surface area contributed by atoms with Gasteiger partial charge < -0.3 is 4.90 Å². The van der Waals surface area contributed by atoms with Crippen molar-refractivity contribution in [2.45, 2.75) is 82.5 Å². The van der Waals surface area contributed by atoms with Gasteiger partial charge in [0.1, 0.15) is 0 Å². The Morgan fingerprint density at radius 1 is 0.551 bits per heavy atom. The van der Waals surface area contributed by atoms with E-state index in [1.54, 1.807) is 11.1 Å². The van der Waals surface area contributed by atoms with E-state index in [1.807, 2.05) is 0 Å². The van der Waals surface area contributed by atoms with Crippen LogP contribution in [0, 0.1) is 29.1 Å². The topological polar surface area (TPSA) is 3.24 Å². The average Bonchev–Trinajstić information content (AvgIpc) is 3.75. The maximum absolute atomic E-state index is 2.68. The van der Waals surface area contributed by atoms with Crippen LogP contribution in [0.3, 0.4) is 0 Å². The van der Waals surface area contributed by atoms with Gasteiger partial charge in [0, 0.05) is 16.8 Å². The SMILES string of the molecule is CC1(C)CCC(C)(C)c2c(N(c3ccccc3)c3ccc4c(c3)C3(c5c(-c6ccccc6)cccc5-4)C4CC5CC6CC3C64C5)cccc21. The first-order chi connectivity index (χ1) is 23.7. The van der Waals surface area contributed by atoms with E-state index in [4.69, 9.17) is 0 Å². The summed E-state index contributed by atoms with van der Waals surface area (Å²) in [6.45, 7) is 9.85. The molecule has 0 saturated heterocycles. The minimum atomic E-state index is 0.0949. The minimum Gasteiger partial charge on any atom is -0.310 e. The van der Waals surface area contributed by atoms with Crippen LogP contribution in [-0.2, 0) is 16.2 Å². The highest BCUT2D eigenvalue weighted by Crippen LogP contribution is 2.90. The molecule has 6 unspecified atom stereocenters. The van der Waals surface area contributed by atoms with Crippen LogP contribution in [0.4, 0.5) is 17.1 Å². The van der Waals surface area contributed by atoms with Gasteiger partial charge in [-0.1, -0.05) is 113 Å². The van der Waals surface area contributed by atoms with Crippen LogP contribution in [0.15, 0.2) is 115 Å². The van der Waals surface area contributed by atoms with Gasteiger partial charge in [0.25, 0.3) is 0 Å². The van der Waals surface area contributed by atoms with Gasteiger partial charge in [-0.15, -0.1) is 0 Å². The van der Waals surface area contributed by atoms with E-state index in [9.17, 15) is 0 Å². The molecule has 5 aromatic rings. The molecule has 0 aromatic heterocycles. The van der Waals surface area contributed by atoms with Crippen molar-refractivity contribution in [3.63, 3.8) is 0 Å². The van der Waals surface area contributed by atoms with Crippen LogP contribution < -0.4 is 4.90 Å². The van der Waals surface area contributed by atoms with E-state index in [0.29, 0.717) is 5.41 Å². The quantitative estimate of drug-likeness (QED) is 0.189. The zero-order chi connectivity index (χ0) is 32.9. The Kier molecular flexibility index (Phi) is 5.49. The van der Waals surface area contributed by atoms with Crippen LogP contribution in [0.2, 0.25) is 0 Å². The first-order valence-electron chi connectivity index (χ1n) is 19.1. The molecule has 0 aliphatic heterocycles. The summed E-state index contributed by atoms with van der Waals surface area (Å²) < 4.78 is 0. The Morgan fingerprint density at radius 2 is 1.27 bits per heavy atom. The highest BCUT2D eigenvalue weighted by atomic mass is 15.1. The third-order valence-electron chi connectivity index (χ3n) is 15.1. The van der Waals surface area contributed by atoms with Crippen molar-refractivity contribution in [3.8, 4) is 22.3 Å². The molecule has 0 N–H and O–H groups in total. The number of para-hydroxylation sites is 1. The molecule has 4 saturated carbocycles. The number of hydrogen-bond acceptors (Lipinski definition) is 1. The molecule has 0 amide bonds. The van der Waals surface area contributed by atoms with Gasteiger partial charge in [0.2, 0.25) is 0 Å². The van der Waals surface area contributed by atoms with Crippen molar-refractivity contribution in [2.75, 3.05) is 4.90 Å². The van der Waals surface area contributed by atoms with E-state index < -0.39 is 0 Å². The van der Waals surface area contributed by atoms with Crippen molar-refractivity contribution < 1.29 is 0 Å². The van der Waals surface area contributed by atoms with Crippen molar-refractivity contribution >= 4 is 17.1 Å². The summed E-state index contributed by atoms with van der Waals surface area (Å²) in [5.74, 6) is 3.42. The lowest BCUT2D eigenvalue weighted by atomic mass is 9.26. The highest BCUT2D eigenvalue weighted by Gasteiger charge is 2.84. The standard InChI is InChI=1S/C48H47N/c1-45(2)23-24-46(3,4)44-38(45)19-12-20-40(44)49(33-15-9-6-10-16-33)34-21-22-36-37-18-11-17-35(31-13-7-5-8-14-31)43(37)48(39(36)28-34)41-26-30-25-32-27-42(48)47(32,41)29-30/h5-22,28,30,32,41-42H,23-27,29H2,1-4H3. The molecule has 6 atom stereocenters. The molecule has 6 aliphatic rings. The van der Waals surface area contributed by atoms with Gasteiger partial charge in [0.05, 0.1) is 5.69 Å². The number of benzene rings is 5. The normalized spacial score (nSPS) is 31.3. The molecule has 2 bridgehead atoms. The largest absolute Gasteiger partial charge is 0.310 e. The molecule has 4 fully saturated rings. The fraction of sp³-hybridized carbons (Fsp3) is 0.375. The van der Waals surface area contributed by atoms with Crippen LogP contribution in [0.25, 0.3) is 22.3 Å². The van der Waals surface area contributed by atoms with Gasteiger partial charge in [-0.2, -0.15) is 0 Å². The maximum atomic E-state index is 2.68. The number of anilines is 3. The summed E-state index contributed by atoms with van der Waals surface area (Å²) in [6.07, 6.45) is 8.23. The molecule has 1 heteroatoms. The molecule has 2 spiro atoms. The Morgan fingerprint density at radius 3 is 2.06 bits per heavy atom. The van der Waals surface area contributed by atoms with E-state index in [2.05, 4.69) is 148 Å². The summed E-state index contributed by atoms with van der Waals surface area (Å²) in [4.78, 5) is 2.62. The molecular weight excluding hydrogens is 591 g/mol. The third-order valence-corrected chi connectivity index (χ3v) is 15.1. The smallest absolute Gasteiger partial charge is 0.0502 e. The van der Waals surface area contributed by atoms with Crippen molar-refractivity contribution in [1.29, 1.82) is 0 Å². The monoisotopic (exact) mass is 637 g/mol. The number of rotatable bonds is 4. The second-order valence-electron chi connectivity index (χ2n) is 18.0. The first kappa shape index (κ1) is 28.7. The molecule has 1 nitrogen and oxygen atoms in total. The summed E-state index contributed by atoms with van der Waals surface area (Å²) in [7, 11) is 0. The zero-order valence-corrected chi connectivity index (χ0v) is 29.5. The maximum Gasteiger partial charge on any atom is 0.0502 e. The number of nitrogens with zero attached hydrogens (tertiary/aromatic N) is 1. The highest BCUT2D eigenvalue weighted by molar-refractivity contribution is 5.92. The average molecular weight is 638 g/mol. The van der Waals surface area contributed by atoms with Crippen LogP contribution in [0.5, 0.6) is 0 Å². The molecule has 5 aromatic carbocycles. The van der Waals surface area contributed by atoms with Gasteiger partial charge >= 0.3 is 0 Å². The third kappa shape index (κ3) is 3.38. The van der Waals surface area contributed by atoms with Crippen molar-refractivity contribution in [1.82, 2.24) is 0 Å². The van der Waals surface area contributed by atoms with E-state index >= 15 is 0 Å². The fourth-order valence-electron chi connectivity index (χ4n) is 13.3. The molecule has 244 valence electrons. The zero-order valence-electron chi connectivity index (χ0n) is 29.5. The predicted octanol–water partition coefficient (Wildman–Crippen LogP) is 12.5. The molecule has 0 radical (unpaired) electrons. The lowest BCUT2D eigenvalue weighted by Gasteiger charge is -2.76. The first-order valence-corrected chi connectivity index (χ1v) is 19.1. The summed E-state index contributed by atoms with van der Waals surface area (Å²) in [5, 5.41) is 0. The second-order valence-corrected chi connectivity index (χ2v) is 18.0. The van der Waals surface area contributed by atoms with Gasteiger partial charge in [-0.05, 0) is 153 Å². The van der Waals surface area contributed by atoms with E-state index in [-0.39, 0.29) is 16.2 Å². The number of fused-ring (bicyclic) bond motifs is 9.